The molecule has 2 aromatic carbocycles. The van der Waals surface area contributed by atoms with E-state index >= 15 is 0 Å². The number of benzene rings is 2. The summed E-state index contributed by atoms with van der Waals surface area (Å²) in [5.41, 5.74) is 4.20. The minimum absolute atomic E-state index is 0.212. The Morgan fingerprint density at radius 3 is 2.26 bits per heavy atom. The molecule has 3 rings (SSSR count). The number of carbonyl (C=O) groups is 1. The first-order valence-corrected chi connectivity index (χ1v) is 7.32. The van der Waals surface area contributed by atoms with Crippen molar-refractivity contribution in [3.63, 3.8) is 0 Å². The molecule has 1 heterocycles. The molecular formula is C19H16N2O2. The van der Waals surface area contributed by atoms with E-state index in [1.807, 2.05) is 49.4 Å². The number of aromatic nitrogens is 2. The predicted molar refractivity (Wildman–Crippen MR) is 87.8 cm³/mol. The third kappa shape index (κ3) is 3.80. The van der Waals surface area contributed by atoms with Gasteiger partial charge in [0.1, 0.15) is 6.61 Å². The third-order valence-corrected chi connectivity index (χ3v) is 3.42. The van der Waals surface area contributed by atoms with Crippen molar-refractivity contribution in [3.8, 4) is 11.1 Å². The van der Waals surface area contributed by atoms with Crippen LogP contribution in [-0.2, 0) is 11.3 Å². The molecule has 0 radical (unpaired) electrons. The molecule has 0 atom stereocenters. The highest BCUT2D eigenvalue weighted by molar-refractivity contribution is 5.86. The van der Waals surface area contributed by atoms with E-state index < -0.39 is 5.97 Å². The van der Waals surface area contributed by atoms with Crippen LogP contribution in [0.1, 0.15) is 21.7 Å². The quantitative estimate of drug-likeness (QED) is 0.688. The van der Waals surface area contributed by atoms with Gasteiger partial charge in [-0.15, -0.1) is 0 Å². The number of ether oxygens (including phenoxy) is 1. The van der Waals surface area contributed by atoms with Gasteiger partial charge in [-0.05, 0) is 23.6 Å². The van der Waals surface area contributed by atoms with Gasteiger partial charge in [-0.25, -0.2) is 9.78 Å². The molecule has 4 heteroatoms. The van der Waals surface area contributed by atoms with E-state index in [1.54, 1.807) is 6.20 Å². The molecule has 114 valence electrons. The molecule has 0 saturated heterocycles. The number of nitrogens with zero attached hydrogens (tertiary/aromatic N) is 2. The fraction of sp³-hybridized carbons (Fsp3) is 0.105. The summed E-state index contributed by atoms with van der Waals surface area (Å²) in [7, 11) is 0. The molecule has 0 bridgehead atoms. The van der Waals surface area contributed by atoms with Crippen LogP contribution in [-0.4, -0.2) is 15.9 Å². The van der Waals surface area contributed by atoms with Crippen LogP contribution < -0.4 is 0 Å². The fourth-order valence-corrected chi connectivity index (χ4v) is 2.14. The van der Waals surface area contributed by atoms with Crippen molar-refractivity contribution in [2.24, 2.45) is 0 Å². The largest absolute Gasteiger partial charge is 0.456 e. The van der Waals surface area contributed by atoms with Crippen LogP contribution in [0.15, 0.2) is 67.0 Å². The monoisotopic (exact) mass is 304 g/mol. The zero-order valence-electron chi connectivity index (χ0n) is 12.8. The summed E-state index contributed by atoms with van der Waals surface area (Å²) < 4.78 is 5.26. The normalized spacial score (nSPS) is 10.3. The zero-order valence-corrected chi connectivity index (χ0v) is 12.8. The van der Waals surface area contributed by atoms with Gasteiger partial charge in [-0.1, -0.05) is 54.6 Å². The van der Waals surface area contributed by atoms with E-state index in [0.717, 1.165) is 22.4 Å². The number of hydrogen-bond acceptors (Lipinski definition) is 4. The van der Waals surface area contributed by atoms with Crippen molar-refractivity contribution in [2.75, 3.05) is 0 Å². The Hall–Kier alpha value is -3.01. The molecule has 0 aliphatic heterocycles. The minimum atomic E-state index is -0.468. The lowest BCUT2D eigenvalue weighted by atomic mass is 10.0. The van der Waals surface area contributed by atoms with Gasteiger partial charge in [0.25, 0.3) is 0 Å². The number of esters is 1. The molecule has 0 aliphatic carbocycles. The molecule has 0 spiro atoms. The molecule has 4 nitrogen and oxygen atoms in total. The molecule has 1 aromatic heterocycles. The van der Waals surface area contributed by atoms with Crippen LogP contribution in [0.5, 0.6) is 0 Å². The van der Waals surface area contributed by atoms with E-state index in [-0.39, 0.29) is 12.3 Å². The molecule has 23 heavy (non-hydrogen) atoms. The number of aryl methyl sites for hydroxylation is 1. The fourth-order valence-electron chi connectivity index (χ4n) is 2.14. The molecule has 0 N–H and O–H groups in total. The summed E-state index contributed by atoms with van der Waals surface area (Å²) in [5, 5.41) is 0. The molecule has 3 aromatic rings. The first-order valence-electron chi connectivity index (χ1n) is 7.32. The first-order chi connectivity index (χ1) is 11.2. The van der Waals surface area contributed by atoms with Crippen molar-refractivity contribution in [1.29, 1.82) is 0 Å². The number of rotatable bonds is 4. The molecule has 0 fully saturated rings. The Bertz CT molecular complexity index is 782. The van der Waals surface area contributed by atoms with Crippen LogP contribution >= 0.6 is 0 Å². The van der Waals surface area contributed by atoms with Crippen LogP contribution in [0.4, 0.5) is 0 Å². The van der Waals surface area contributed by atoms with E-state index in [9.17, 15) is 4.79 Å². The van der Waals surface area contributed by atoms with Crippen molar-refractivity contribution >= 4 is 5.97 Å². The van der Waals surface area contributed by atoms with Crippen molar-refractivity contribution in [1.82, 2.24) is 9.97 Å². The predicted octanol–water partition coefficient (Wildman–Crippen LogP) is 3.81. The Morgan fingerprint density at radius 1 is 0.913 bits per heavy atom. The van der Waals surface area contributed by atoms with Gasteiger partial charge >= 0.3 is 5.97 Å². The SMILES string of the molecule is Cc1cnc(C(=O)OCc2ccc(-c3ccccc3)cc2)cn1. The van der Waals surface area contributed by atoms with Crippen LogP contribution in [0.3, 0.4) is 0 Å². The average molecular weight is 304 g/mol. The second kappa shape index (κ2) is 6.83. The third-order valence-electron chi connectivity index (χ3n) is 3.42. The maximum absolute atomic E-state index is 11.9. The summed E-state index contributed by atoms with van der Waals surface area (Å²) in [6.07, 6.45) is 2.97. The molecule has 0 saturated carbocycles. The van der Waals surface area contributed by atoms with E-state index in [4.69, 9.17) is 4.74 Å². The second-order valence-corrected chi connectivity index (χ2v) is 5.18. The number of hydrogen-bond donors (Lipinski definition) is 0. The smallest absolute Gasteiger partial charge is 0.358 e. The van der Waals surface area contributed by atoms with Crippen LogP contribution in [0.25, 0.3) is 11.1 Å². The lowest BCUT2D eigenvalue weighted by Crippen LogP contribution is -2.08. The van der Waals surface area contributed by atoms with Gasteiger partial charge in [0, 0.05) is 6.20 Å². The highest BCUT2D eigenvalue weighted by atomic mass is 16.5. The van der Waals surface area contributed by atoms with E-state index in [1.165, 1.54) is 6.20 Å². The summed E-state index contributed by atoms with van der Waals surface area (Å²) in [5.74, 6) is -0.468. The zero-order chi connectivity index (χ0) is 16.1. The van der Waals surface area contributed by atoms with Crippen molar-refractivity contribution < 1.29 is 9.53 Å². The Labute approximate surface area is 134 Å². The highest BCUT2D eigenvalue weighted by Crippen LogP contribution is 2.19. The Morgan fingerprint density at radius 2 is 1.61 bits per heavy atom. The highest BCUT2D eigenvalue weighted by Gasteiger charge is 2.09. The maximum atomic E-state index is 11.9. The lowest BCUT2D eigenvalue weighted by Gasteiger charge is -2.06. The van der Waals surface area contributed by atoms with Crippen LogP contribution in [0, 0.1) is 6.92 Å². The summed E-state index contributed by atoms with van der Waals surface area (Å²) in [6.45, 7) is 2.03. The first kappa shape index (κ1) is 14.9. The summed E-state index contributed by atoms with van der Waals surface area (Å²) >= 11 is 0. The maximum Gasteiger partial charge on any atom is 0.358 e. The van der Waals surface area contributed by atoms with Crippen LogP contribution in [0.2, 0.25) is 0 Å². The van der Waals surface area contributed by atoms with E-state index in [2.05, 4.69) is 22.1 Å². The van der Waals surface area contributed by atoms with Crippen molar-refractivity contribution in [3.05, 3.63) is 83.9 Å². The standard InChI is InChI=1S/C19H16N2O2/c1-14-11-21-18(12-20-14)19(22)23-13-15-7-9-17(10-8-15)16-5-3-2-4-6-16/h2-12H,13H2,1H3. The van der Waals surface area contributed by atoms with Gasteiger partial charge in [0.05, 0.1) is 11.9 Å². The second-order valence-electron chi connectivity index (χ2n) is 5.18. The molecule has 0 amide bonds. The van der Waals surface area contributed by atoms with Gasteiger partial charge in [0.2, 0.25) is 0 Å². The average Bonchev–Trinajstić information content (AvgIpc) is 2.61. The molecular weight excluding hydrogens is 288 g/mol. The molecule has 0 aliphatic rings. The Kier molecular flexibility index (Phi) is 4.43. The minimum Gasteiger partial charge on any atom is -0.456 e. The van der Waals surface area contributed by atoms with E-state index in [0.29, 0.717) is 0 Å². The Balaban J connectivity index is 1.62. The lowest BCUT2D eigenvalue weighted by molar-refractivity contribution is 0.0465. The van der Waals surface area contributed by atoms with Crippen molar-refractivity contribution in [2.45, 2.75) is 13.5 Å². The topological polar surface area (TPSA) is 52.1 Å². The number of carbonyl (C=O) groups excluding carboxylic acids is 1. The van der Waals surface area contributed by atoms with Gasteiger partial charge < -0.3 is 4.74 Å². The van der Waals surface area contributed by atoms with Gasteiger partial charge in [-0.2, -0.15) is 0 Å². The summed E-state index contributed by atoms with van der Waals surface area (Å²) in [6, 6.07) is 18.1. The molecule has 0 unspecified atom stereocenters. The van der Waals surface area contributed by atoms with Gasteiger partial charge in [-0.3, -0.25) is 4.98 Å². The van der Waals surface area contributed by atoms with Gasteiger partial charge in [0.15, 0.2) is 5.69 Å². The summed E-state index contributed by atoms with van der Waals surface area (Å²) in [4.78, 5) is 19.9.